The van der Waals surface area contributed by atoms with Crippen molar-refractivity contribution in [3.63, 3.8) is 0 Å². The Morgan fingerprint density at radius 3 is 2.69 bits per heavy atom. The number of hydrogen-bond donors (Lipinski definition) is 3. The Morgan fingerprint density at radius 1 is 1.21 bits per heavy atom. The van der Waals surface area contributed by atoms with E-state index in [1.807, 2.05) is 49.1 Å². The van der Waals surface area contributed by atoms with Crippen LogP contribution in [-0.4, -0.2) is 21.5 Å². The number of nitrogen functional groups attached to an aromatic ring is 1. The van der Waals surface area contributed by atoms with Crippen molar-refractivity contribution in [2.45, 2.75) is 26.8 Å². The van der Waals surface area contributed by atoms with Crippen LogP contribution in [0.25, 0.3) is 0 Å². The highest BCUT2D eigenvalue weighted by molar-refractivity contribution is 7.81. The molecule has 29 heavy (non-hydrogen) atoms. The minimum absolute atomic E-state index is 0.130. The quantitative estimate of drug-likeness (QED) is 0.580. The second kappa shape index (κ2) is 7.67. The second-order valence-corrected chi connectivity index (χ2v) is 7.77. The molecular formula is C22H23N5OS. The third-order valence-corrected chi connectivity index (χ3v) is 5.53. The molecule has 1 aliphatic rings. The molecule has 0 saturated heterocycles. The van der Waals surface area contributed by atoms with Crippen LogP contribution in [0.3, 0.4) is 0 Å². The van der Waals surface area contributed by atoms with E-state index in [-0.39, 0.29) is 21.9 Å². The molecular weight excluding hydrogens is 382 g/mol. The van der Waals surface area contributed by atoms with Crippen molar-refractivity contribution in [1.29, 1.82) is 0 Å². The molecule has 2 aromatic carbocycles. The van der Waals surface area contributed by atoms with Gasteiger partial charge in [0.15, 0.2) is 0 Å². The van der Waals surface area contributed by atoms with Gasteiger partial charge in [0.1, 0.15) is 16.4 Å². The lowest BCUT2D eigenvalue weighted by atomic mass is 10.0. The van der Waals surface area contributed by atoms with Crippen molar-refractivity contribution < 1.29 is 0 Å². The van der Waals surface area contributed by atoms with Crippen LogP contribution in [0.15, 0.2) is 47.3 Å². The highest BCUT2D eigenvalue weighted by Gasteiger charge is 2.21. The number of nitrogens with one attached hydrogen (secondary N) is 2. The Hall–Kier alpha value is -3.19. The third kappa shape index (κ3) is 3.86. The number of aromatic amines is 1. The normalized spacial score (nSPS) is 13.1. The van der Waals surface area contributed by atoms with Crippen LogP contribution >= 0.6 is 12.2 Å². The van der Waals surface area contributed by atoms with Crippen molar-refractivity contribution in [2.75, 3.05) is 22.5 Å². The van der Waals surface area contributed by atoms with Gasteiger partial charge in [0.25, 0.3) is 5.56 Å². The molecule has 4 rings (SSSR count). The molecule has 0 aliphatic carbocycles. The second-order valence-electron chi connectivity index (χ2n) is 7.36. The Kier molecular flexibility index (Phi) is 5.07. The van der Waals surface area contributed by atoms with Crippen molar-refractivity contribution >= 4 is 34.7 Å². The van der Waals surface area contributed by atoms with E-state index in [0.717, 1.165) is 29.8 Å². The third-order valence-electron chi connectivity index (χ3n) is 5.22. The van der Waals surface area contributed by atoms with E-state index in [1.165, 1.54) is 11.1 Å². The Balaban J connectivity index is 1.59. The molecule has 1 aliphatic heterocycles. The minimum Gasteiger partial charge on any atom is -0.383 e. The molecule has 6 nitrogen and oxygen atoms in total. The lowest BCUT2D eigenvalue weighted by Crippen LogP contribution is -2.35. The number of nitrogens with zero attached hydrogens (tertiary/aromatic N) is 2. The van der Waals surface area contributed by atoms with E-state index in [1.54, 1.807) is 0 Å². The first kappa shape index (κ1) is 19.1. The highest BCUT2D eigenvalue weighted by atomic mass is 32.1. The standard InChI is InChI=1S/C22H23N5OS/c1-13-7-8-17(14(2)11-13)24-21(29)18-19(23)25-22(26-20(18)28)27-10-9-15-5-3-4-6-16(15)12-27/h3-8,11H,9-10,12H2,1-2H3,(H,24,29)(H3,23,25,26,28). The first-order valence-electron chi connectivity index (χ1n) is 9.52. The predicted molar refractivity (Wildman–Crippen MR) is 122 cm³/mol. The highest BCUT2D eigenvalue weighted by Crippen LogP contribution is 2.23. The van der Waals surface area contributed by atoms with Gasteiger partial charge >= 0.3 is 0 Å². The molecule has 0 amide bonds. The number of fused-ring (bicyclic) bond motifs is 1. The summed E-state index contributed by atoms with van der Waals surface area (Å²) in [5.74, 6) is 0.602. The summed E-state index contributed by atoms with van der Waals surface area (Å²) in [7, 11) is 0. The molecule has 148 valence electrons. The number of benzene rings is 2. The number of hydrogen-bond acceptors (Lipinski definition) is 5. The number of rotatable bonds is 3. The lowest BCUT2D eigenvalue weighted by Gasteiger charge is -2.29. The van der Waals surface area contributed by atoms with Crippen molar-refractivity contribution in [1.82, 2.24) is 9.97 Å². The smallest absolute Gasteiger partial charge is 0.264 e. The molecule has 2 heterocycles. The van der Waals surface area contributed by atoms with Gasteiger partial charge in [-0.15, -0.1) is 0 Å². The van der Waals surface area contributed by atoms with Gasteiger partial charge in [0.2, 0.25) is 5.95 Å². The zero-order chi connectivity index (χ0) is 20.5. The zero-order valence-electron chi connectivity index (χ0n) is 16.5. The maximum Gasteiger partial charge on any atom is 0.264 e. The number of thiocarbonyl (C=S) groups is 1. The van der Waals surface area contributed by atoms with Crippen LogP contribution in [0.1, 0.15) is 27.8 Å². The summed E-state index contributed by atoms with van der Waals surface area (Å²) >= 11 is 5.46. The van der Waals surface area contributed by atoms with Gasteiger partial charge in [0.05, 0.1) is 0 Å². The minimum atomic E-state index is -0.339. The maximum atomic E-state index is 12.8. The molecule has 0 spiro atoms. The molecule has 4 N–H and O–H groups in total. The zero-order valence-corrected chi connectivity index (χ0v) is 17.3. The number of anilines is 3. The van der Waals surface area contributed by atoms with Gasteiger partial charge in [-0.1, -0.05) is 54.2 Å². The molecule has 0 atom stereocenters. The SMILES string of the molecule is Cc1ccc(NC(=S)c2c(N)nc(N3CCc4ccccc4C3)[nH]c2=O)c(C)c1. The molecule has 0 bridgehead atoms. The van der Waals surface area contributed by atoms with Crippen LogP contribution in [0.5, 0.6) is 0 Å². The average Bonchev–Trinajstić information content (AvgIpc) is 2.69. The van der Waals surface area contributed by atoms with Gasteiger partial charge < -0.3 is 16.0 Å². The summed E-state index contributed by atoms with van der Waals surface area (Å²) in [6, 6.07) is 14.3. The van der Waals surface area contributed by atoms with Gasteiger partial charge in [-0.25, -0.2) is 0 Å². The van der Waals surface area contributed by atoms with Gasteiger partial charge in [-0.2, -0.15) is 4.98 Å². The Labute approximate surface area is 174 Å². The molecule has 0 fully saturated rings. The molecule has 0 saturated carbocycles. The molecule has 0 unspecified atom stereocenters. The van der Waals surface area contributed by atoms with Gasteiger partial charge in [-0.3, -0.25) is 9.78 Å². The summed E-state index contributed by atoms with van der Waals surface area (Å²) in [5.41, 5.74) is 11.6. The lowest BCUT2D eigenvalue weighted by molar-refractivity contribution is 0.706. The van der Waals surface area contributed by atoms with E-state index < -0.39 is 0 Å². The summed E-state index contributed by atoms with van der Waals surface area (Å²) in [6.07, 6.45) is 0.897. The van der Waals surface area contributed by atoms with Crippen molar-refractivity contribution in [2.24, 2.45) is 0 Å². The molecule has 7 heteroatoms. The number of H-pyrrole nitrogens is 1. The first-order chi connectivity index (χ1) is 13.9. The summed E-state index contributed by atoms with van der Waals surface area (Å²) in [5, 5.41) is 3.13. The average molecular weight is 406 g/mol. The fourth-order valence-corrected chi connectivity index (χ4v) is 3.97. The molecule has 0 radical (unpaired) electrons. The van der Waals surface area contributed by atoms with E-state index in [9.17, 15) is 4.79 Å². The summed E-state index contributed by atoms with van der Waals surface area (Å²) in [4.78, 5) is 22.4. The number of aromatic nitrogens is 2. The van der Waals surface area contributed by atoms with Crippen LogP contribution < -0.4 is 21.5 Å². The monoisotopic (exact) mass is 405 g/mol. The van der Waals surface area contributed by atoms with Crippen molar-refractivity contribution in [3.05, 3.63) is 80.6 Å². The van der Waals surface area contributed by atoms with E-state index in [2.05, 4.69) is 27.4 Å². The van der Waals surface area contributed by atoms with Crippen LogP contribution in [0, 0.1) is 13.8 Å². The van der Waals surface area contributed by atoms with Gasteiger partial charge in [0, 0.05) is 18.8 Å². The van der Waals surface area contributed by atoms with E-state index >= 15 is 0 Å². The Bertz CT molecular complexity index is 1150. The summed E-state index contributed by atoms with van der Waals surface area (Å²) < 4.78 is 0. The fourth-order valence-electron chi connectivity index (χ4n) is 3.66. The van der Waals surface area contributed by atoms with E-state index in [0.29, 0.717) is 12.5 Å². The predicted octanol–water partition coefficient (Wildman–Crippen LogP) is 3.32. The summed E-state index contributed by atoms with van der Waals surface area (Å²) in [6.45, 7) is 5.47. The topological polar surface area (TPSA) is 87.0 Å². The molecule has 1 aromatic heterocycles. The molecule has 3 aromatic rings. The maximum absolute atomic E-state index is 12.8. The number of nitrogens with two attached hydrogens (primary N) is 1. The fraction of sp³-hybridized carbons (Fsp3) is 0.227. The van der Waals surface area contributed by atoms with E-state index in [4.69, 9.17) is 18.0 Å². The largest absolute Gasteiger partial charge is 0.383 e. The van der Waals surface area contributed by atoms with Crippen LogP contribution in [0.4, 0.5) is 17.5 Å². The van der Waals surface area contributed by atoms with Gasteiger partial charge in [-0.05, 0) is 43.0 Å². The number of aryl methyl sites for hydroxylation is 2. The van der Waals surface area contributed by atoms with Crippen LogP contribution in [-0.2, 0) is 13.0 Å². The van der Waals surface area contributed by atoms with Crippen molar-refractivity contribution in [3.8, 4) is 0 Å². The first-order valence-corrected chi connectivity index (χ1v) is 9.93. The van der Waals surface area contributed by atoms with Crippen LogP contribution in [0.2, 0.25) is 0 Å². The Morgan fingerprint density at radius 2 is 1.97 bits per heavy atom.